The molecule has 72 valence electrons. The molecule has 5 heteroatoms. The van der Waals surface area contributed by atoms with Crippen molar-refractivity contribution in [2.24, 2.45) is 5.41 Å². The van der Waals surface area contributed by atoms with Crippen molar-refractivity contribution in [1.82, 2.24) is 0 Å². The molecule has 1 fully saturated rings. The fourth-order valence-electron chi connectivity index (χ4n) is 1.29. The van der Waals surface area contributed by atoms with E-state index >= 15 is 0 Å². The predicted molar refractivity (Wildman–Crippen MR) is 47.8 cm³/mol. The third-order valence-corrected chi connectivity index (χ3v) is 4.31. The lowest BCUT2D eigenvalue weighted by Gasteiger charge is -2.08. The van der Waals surface area contributed by atoms with Crippen LogP contribution >= 0.6 is 10.7 Å². The SMILES string of the molecule is CCOCC1(C)CC1S(=O)(=O)Cl. The van der Waals surface area contributed by atoms with Crippen molar-refractivity contribution in [2.45, 2.75) is 25.5 Å². The molecular weight excluding hydrogens is 200 g/mol. The first kappa shape index (κ1) is 10.3. The zero-order valence-electron chi connectivity index (χ0n) is 7.21. The molecule has 3 nitrogen and oxygen atoms in total. The molecule has 0 heterocycles. The highest BCUT2D eigenvalue weighted by Gasteiger charge is 2.57. The molecule has 0 aromatic rings. The summed E-state index contributed by atoms with van der Waals surface area (Å²) in [5, 5.41) is -0.404. The Morgan fingerprint density at radius 2 is 2.25 bits per heavy atom. The molecule has 0 saturated heterocycles. The molecule has 1 aliphatic rings. The average Bonchev–Trinajstić information content (AvgIpc) is 2.59. The maximum absolute atomic E-state index is 10.9. The van der Waals surface area contributed by atoms with Gasteiger partial charge in [0.05, 0.1) is 11.9 Å². The minimum atomic E-state index is -3.38. The van der Waals surface area contributed by atoms with Crippen molar-refractivity contribution in [1.29, 1.82) is 0 Å². The van der Waals surface area contributed by atoms with Crippen molar-refractivity contribution in [3.8, 4) is 0 Å². The summed E-state index contributed by atoms with van der Waals surface area (Å²) in [5.41, 5.74) is -0.239. The van der Waals surface area contributed by atoms with E-state index < -0.39 is 14.3 Å². The quantitative estimate of drug-likeness (QED) is 0.662. The summed E-state index contributed by atoms with van der Waals surface area (Å²) in [6.07, 6.45) is 0.624. The van der Waals surface area contributed by atoms with Gasteiger partial charge in [-0.2, -0.15) is 0 Å². The molecule has 0 bridgehead atoms. The molecule has 12 heavy (non-hydrogen) atoms. The second-order valence-electron chi connectivity index (χ2n) is 3.46. The molecule has 0 radical (unpaired) electrons. The molecule has 0 spiro atoms. The standard InChI is InChI=1S/C7H13ClO3S/c1-3-11-5-7(2)4-6(7)12(8,9)10/h6H,3-5H2,1-2H3. The maximum atomic E-state index is 10.9. The van der Waals surface area contributed by atoms with Crippen LogP contribution in [0.25, 0.3) is 0 Å². The van der Waals surface area contributed by atoms with Crippen molar-refractivity contribution < 1.29 is 13.2 Å². The average molecular weight is 213 g/mol. The first-order valence-corrected chi connectivity index (χ1v) is 6.28. The van der Waals surface area contributed by atoms with Crippen LogP contribution in [0, 0.1) is 5.41 Å². The van der Waals surface area contributed by atoms with Crippen LogP contribution in [0.3, 0.4) is 0 Å². The van der Waals surface area contributed by atoms with E-state index in [9.17, 15) is 8.42 Å². The maximum Gasteiger partial charge on any atom is 0.236 e. The van der Waals surface area contributed by atoms with Gasteiger partial charge in [-0.25, -0.2) is 8.42 Å². The smallest absolute Gasteiger partial charge is 0.236 e. The largest absolute Gasteiger partial charge is 0.381 e. The number of ether oxygens (including phenoxy) is 1. The van der Waals surface area contributed by atoms with Gasteiger partial charge in [-0.15, -0.1) is 0 Å². The number of hydrogen-bond donors (Lipinski definition) is 0. The zero-order chi connectivity index (χ0) is 9.41. The van der Waals surface area contributed by atoms with Gasteiger partial charge in [0.25, 0.3) is 0 Å². The van der Waals surface area contributed by atoms with Crippen LogP contribution < -0.4 is 0 Å². The Labute approximate surface area is 77.5 Å². The van der Waals surface area contributed by atoms with Crippen LogP contribution in [0.4, 0.5) is 0 Å². The highest BCUT2D eigenvalue weighted by Crippen LogP contribution is 2.51. The van der Waals surface area contributed by atoms with E-state index in [1.54, 1.807) is 0 Å². The Balaban J connectivity index is 2.49. The van der Waals surface area contributed by atoms with Crippen LogP contribution in [-0.2, 0) is 13.8 Å². The van der Waals surface area contributed by atoms with Crippen LogP contribution in [0.1, 0.15) is 20.3 Å². The van der Waals surface area contributed by atoms with Crippen LogP contribution in [0.15, 0.2) is 0 Å². The van der Waals surface area contributed by atoms with Gasteiger partial charge in [0.1, 0.15) is 0 Å². The van der Waals surface area contributed by atoms with Crippen LogP contribution in [0.2, 0.25) is 0 Å². The van der Waals surface area contributed by atoms with E-state index in [2.05, 4.69) is 0 Å². The summed E-state index contributed by atoms with van der Waals surface area (Å²) in [5.74, 6) is 0. The third kappa shape index (κ3) is 2.12. The molecular formula is C7H13ClO3S. The van der Waals surface area contributed by atoms with Gasteiger partial charge in [-0.05, 0) is 13.3 Å². The summed E-state index contributed by atoms with van der Waals surface area (Å²) in [6.45, 7) is 4.87. The van der Waals surface area contributed by atoms with Gasteiger partial charge in [0, 0.05) is 22.7 Å². The molecule has 1 aliphatic carbocycles. The van der Waals surface area contributed by atoms with Gasteiger partial charge in [0.2, 0.25) is 9.05 Å². The molecule has 2 atom stereocenters. The summed E-state index contributed by atoms with van der Waals surface area (Å²) >= 11 is 0. The van der Waals surface area contributed by atoms with E-state index in [1.165, 1.54) is 0 Å². The summed E-state index contributed by atoms with van der Waals surface area (Å²) in [6, 6.07) is 0. The lowest BCUT2D eigenvalue weighted by atomic mass is 10.2. The fraction of sp³-hybridized carbons (Fsp3) is 1.00. The van der Waals surface area contributed by atoms with Crippen molar-refractivity contribution in [3.05, 3.63) is 0 Å². The minimum absolute atomic E-state index is 0.239. The lowest BCUT2D eigenvalue weighted by Crippen LogP contribution is -2.14. The Hall–Kier alpha value is 0.200. The van der Waals surface area contributed by atoms with E-state index in [0.29, 0.717) is 19.6 Å². The summed E-state index contributed by atoms with van der Waals surface area (Å²) < 4.78 is 26.9. The van der Waals surface area contributed by atoms with E-state index in [4.69, 9.17) is 15.4 Å². The first-order chi connectivity index (χ1) is 5.40. The minimum Gasteiger partial charge on any atom is -0.381 e. The zero-order valence-corrected chi connectivity index (χ0v) is 8.78. The summed E-state index contributed by atoms with van der Waals surface area (Å²) in [4.78, 5) is 0. The second kappa shape index (κ2) is 3.16. The molecule has 2 unspecified atom stereocenters. The Morgan fingerprint density at radius 1 is 1.67 bits per heavy atom. The lowest BCUT2D eigenvalue weighted by molar-refractivity contribution is 0.108. The fourth-order valence-corrected chi connectivity index (χ4v) is 3.45. The van der Waals surface area contributed by atoms with E-state index in [0.717, 1.165) is 0 Å². The summed E-state index contributed by atoms with van der Waals surface area (Å²) in [7, 11) is 1.84. The highest BCUT2D eigenvalue weighted by atomic mass is 35.7. The molecule has 0 aromatic heterocycles. The number of halogens is 1. The molecule has 0 N–H and O–H groups in total. The molecule has 1 rings (SSSR count). The second-order valence-corrected chi connectivity index (χ2v) is 6.27. The van der Waals surface area contributed by atoms with Gasteiger partial charge >= 0.3 is 0 Å². The number of hydrogen-bond acceptors (Lipinski definition) is 3. The van der Waals surface area contributed by atoms with Crippen LogP contribution in [-0.4, -0.2) is 26.9 Å². The predicted octanol–water partition coefficient (Wildman–Crippen LogP) is 1.37. The molecule has 0 aromatic carbocycles. The van der Waals surface area contributed by atoms with Gasteiger partial charge in [-0.3, -0.25) is 0 Å². The molecule has 0 aliphatic heterocycles. The van der Waals surface area contributed by atoms with Gasteiger partial charge < -0.3 is 4.74 Å². The first-order valence-electron chi connectivity index (χ1n) is 3.91. The van der Waals surface area contributed by atoms with Crippen molar-refractivity contribution in [2.75, 3.05) is 13.2 Å². The van der Waals surface area contributed by atoms with E-state index in [-0.39, 0.29) is 5.41 Å². The van der Waals surface area contributed by atoms with Crippen molar-refractivity contribution >= 4 is 19.7 Å². The molecule has 1 saturated carbocycles. The Bertz CT molecular complexity index is 262. The van der Waals surface area contributed by atoms with Gasteiger partial charge in [0.15, 0.2) is 0 Å². The topological polar surface area (TPSA) is 43.4 Å². The highest BCUT2D eigenvalue weighted by molar-refractivity contribution is 8.14. The molecule has 0 amide bonds. The van der Waals surface area contributed by atoms with Crippen molar-refractivity contribution in [3.63, 3.8) is 0 Å². The number of rotatable bonds is 4. The van der Waals surface area contributed by atoms with Crippen LogP contribution in [0.5, 0.6) is 0 Å². The monoisotopic (exact) mass is 212 g/mol. The normalized spacial score (nSPS) is 35.1. The van der Waals surface area contributed by atoms with E-state index in [1.807, 2.05) is 13.8 Å². The third-order valence-electron chi connectivity index (χ3n) is 2.24. The Morgan fingerprint density at radius 3 is 2.58 bits per heavy atom. The Kier molecular flexibility index (Phi) is 2.71. The van der Waals surface area contributed by atoms with Gasteiger partial charge in [-0.1, -0.05) is 6.92 Å².